The van der Waals surface area contributed by atoms with Crippen LogP contribution in [0.3, 0.4) is 0 Å². The fourth-order valence-electron chi connectivity index (χ4n) is 3.34. The molecule has 0 aliphatic rings. The van der Waals surface area contributed by atoms with E-state index < -0.39 is 17.5 Å². The van der Waals surface area contributed by atoms with E-state index in [0.29, 0.717) is 11.3 Å². The Labute approximate surface area is 181 Å². The van der Waals surface area contributed by atoms with E-state index in [1.165, 1.54) is 21.5 Å². The number of anilines is 1. The molecule has 3 aromatic heterocycles. The summed E-state index contributed by atoms with van der Waals surface area (Å²) in [5.41, 5.74) is 2.99. The van der Waals surface area contributed by atoms with Crippen LogP contribution in [-0.4, -0.2) is 30.3 Å². The van der Waals surface area contributed by atoms with Crippen LogP contribution < -0.4 is 5.32 Å². The molecule has 0 bridgehead atoms. The second-order valence-electron chi connectivity index (χ2n) is 7.19. The predicted octanol–water partition coefficient (Wildman–Crippen LogP) is 4.42. The molecular formula is C23H16F2N6O. The molecule has 5 rings (SSSR count). The van der Waals surface area contributed by atoms with Crippen molar-refractivity contribution in [1.29, 1.82) is 0 Å². The van der Waals surface area contributed by atoms with Crippen LogP contribution in [0.4, 0.5) is 14.6 Å². The zero-order chi connectivity index (χ0) is 22.2. The van der Waals surface area contributed by atoms with Gasteiger partial charge in [-0.25, -0.2) is 23.0 Å². The normalized spacial score (nSPS) is 11.1. The van der Waals surface area contributed by atoms with Crippen LogP contribution in [0, 0.1) is 18.6 Å². The van der Waals surface area contributed by atoms with Gasteiger partial charge >= 0.3 is 0 Å². The number of rotatable bonds is 4. The Balaban J connectivity index is 1.59. The van der Waals surface area contributed by atoms with Gasteiger partial charge in [-0.2, -0.15) is 10.2 Å². The van der Waals surface area contributed by atoms with Gasteiger partial charge in [-0.3, -0.25) is 4.79 Å². The minimum absolute atomic E-state index is 0.00180. The highest BCUT2D eigenvalue weighted by Crippen LogP contribution is 2.27. The number of amides is 1. The minimum Gasteiger partial charge on any atom is -0.306 e. The van der Waals surface area contributed by atoms with Crippen LogP contribution in [0.5, 0.6) is 0 Å². The van der Waals surface area contributed by atoms with Crippen molar-refractivity contribution >= 4 is 17.4 Å². The SMILES string of the molecule is Cc1ccc(-c2cc(NC(=O)c3cnn4cccnc34)n(-c3ccc(F)cc3F)n2)cc1. The molecule has 0 radical (unpaired) electrons. The average Bonchev–Trinajstić information content (AvgIpc) is 3.39. The van der Waals surface area contributed by atoms with Gasteiger partial charge in [-0.1, -0.05) is 29.8 Å². The van der Waals surface area contributed by atoms with Crippen LogP contribution in [0.15, 0.2) is 73.2 Å². The number of carbonyl (C=O) groups excluding carboxylic acids is 1. The van der Waals surface area contributed by atoms with Crippen LogP contribution in [0.25, 0.3) is 22.6 Å². The number of aryl methyl sites for hydroxylation is 1. The topological polar surface area (TPSA) is 77.1 Å². The maximum absolute atomic E-state index is 14.6. The number of nitrogens with zero attached hydrogens (tertiary/aromatic N) is 5. The number of fused-ring (bicyclic) bond motifs is 1. The summed E-state index contributed by atoms with van der Waals surface area (Å²) in [5.74, 6) is -1.79. The molecule has 1 N–H and O–H groups in total. The predicted molar refractivity (Wildman–Crippen MR) is 115 cm³/mol. The fraction of sp³-hybridized carbons (Fsp3) is 0.0435. The van der Waals surface area contributed by atoms with Gasteiger partial charge in [-0.15, -0.1) is 0 Å². The first-order valence-electron chi connectivity index (χ1n) is 9.72. The Bertz CT molecular complexity index is 1460. The zero-order valence-corrected chi connectivity index (χ0v) is 16.8. The molecular weight excluding hydrogens is 414 g/mol. The Hall–Kier alpha value is -4.40. The smallest absolute Gasteiger partial charge is 0.262 e. The van der Waals surface area contributed by atoms with Gasteiger partial charge in [0, 0.05) is 30.1 Å². The molecule has 0 aliphatic heterocycles. The summed E-state index contributed by atoms with van der Waals surface area (Å²) < 4.78 is 30.7. The molecule has 0 saturated carbocycles. The number of hydrogen-bond donors (Lipinski definition) is 1. The van der Waals surface area contributed by atoms with E-state index in [1.54, 1.807) is 24.5 Å². The number of halogens is 2. The molecule has 0 aliphatic carbocycles. The van der Waals surface area contributed by atoms with Crippen molar-refractivity contribution in [2.45, 2.75) is 6.92 Å². The van der Waals surface area contributed by atoms with Crippen LogP contribution in [0.2, 0.25) is 0 Å². The summed E-state index contributed by atoms with van der Waals surface area (Å²) in [5, 5.41) is 11.3. The second-order valence-corrected chi connectivity index (χ2v) is 7.19. The molecule has 0 spiro atoms. The van der Waals surface area contributed by atoms with Crippen molar-refractivity contribution in [2.24, 2.45) is 0 Å². The highest BCUT2D eigenvalue weighted by molar-refractivity contribution is 6.08. The molecule has 0 saturated heterocycles. The Morgan fingerprint density at radius 2 is 1.88 bits per heavy atom. The molecule has 5 aromatic rings. The molecule has 0 fully saturated rings. The van der Waals surface area contributed by atoms with E-state index >= 15 is 0 Å². The van der Waals surface area contributed by atoms with Gasteiger partial charge in [-0.05, 0) is 25.1 Å². The summed E-state index contributed by atoms with van der Waals surface area (Å²) in [6.07, 6.45) is 4.63. The zero-order valence-electron chi connectivity index (χ0n) is 16.8. The molecule has 9 heteroatoms. The molecule has 0 unspecified atom stereocenters. The second kappa shape index (κ2) is 7.69. The van der Waals surface area contributed by atoms with Crippen molar-refractivity contribution in [1.82, 2.24) is 24.4 Å². The summed E-state index contributed by atoms with van der Waals surface area (Å²) in [4.78, 5) is 17.2. The van der Waals surface area contributed by atoms with Gasteiger partial charge in [0.25, 0.3) is 5.91 Å². The minimum atomic E-state index is -0.809. The van der Waals surface area contributed by atoms with Gasteiger partial charge in [0.2, 0.25) is 0 Å². The lowest BCUT2D eigenvalue weighted by Gasteiger charge is -2.09. The lowest BCUT2D eigenvalue weighted by atomic mass is 10.1. The lowest BCUT2D eigenvalue weighted by Crippen LogP contribution is -2.15. The van der Waals surface area contributed by atoms with E-state index in [4.69, 9.17) is 0 Å². The Morgan fingerprint density at radius 1 is 1.06 bits per heavy atom. The number of aromatic nitrogens is 5. The van der Waals surface area contributed by atoms with Crippen LogP contribution in [-0.2, 0) is 0 Å². The number of hydrogen-bond acceptors (Lipinski definition) is 4. The first-order valence-corrected chi connectivity index (χ1v) is 9.72. The molecule has 158 valence electrons. The van der Waals surface area contributed by atoms with Gasteiger partial charge in [0.15, 0.2) is 11.5 Å². The van der Waals surface area contributed by atoms with Gasteiger partial charge in [0.05, 0.1) is 11.9 Å². The molecule has 7 nitrogen and oxygen atoms in total. The van der Waals surface area contributed by atoms with E-state index in [9.17, 15) is 13.6 Å². The van der Waals surface area contributed by atoms with Crippen molar-refractivity contribution in [3.8, 4) is 16.9 Å². The monoisotopic (exact) mass is 430 g/mol. The first kappa shape index (κ1) is 19.6. The van der Waals surface area contributed by atoms with Crippen molar-refractivity contribution in [2.75, 3.05) is 5.32 Å². The third-order valence-electron chi connectivity index (χ3n) is 4.96. The molecule has 3 heterocycles. The van der Waals surface area contributed by atoms with Crippen molar-refractivity contribution < 1.29 is 13.6 Å². The maximum atomic E-state index is 14.6. The molecule has 0 atom stereocenters. The summed E-state index contributed by atoms with van der Waals surface area (Å²) in [6, 6.07) is 14.1. The third kappa shape index (κ3) is 3.49. The Morgan fingerprint density at radius 3 is 2.66 bits per heavy atom. The lowest BCUT2D eigenvalue weighted by molar-refractivity contribution is 0.102. The van der Waals surface area contributed by atoms with E-state index in [0.717, 1.165) is 23.3 Å². The quantitative estimate of drug-likeness (QED) is 0.458. The molecule has 32 heavy (non-hydrogen) atoms. The number of benzene rings is 2. The van der Waals surface area contributed by atoms with Crippen LogP contribution >= 0.6 is 0 Å². The third-order valence-corrected chi connectivity index (χ3v) is 4.96. The molecule has 1 amide bonds. The first-order chi connectivity index (χ1) is 15.5. The highest BCUT2D eigenvalue weighted by Gasteiger charge is 2.20. The summed E-state index contributed by atoms with van der Waals surface area (Å²) in [7, 11) is 0. The van der Waals surface area contributed by atoms with Crippen molar-refractivity contribution in [3.05, 3.63) is 95.9 Å². The van der Waals surface area contributed by atoms with Crippen molar-refractivity contribution in [3.63, 3.8) is 0 Å². The maximum Gasteiger partial charge on any atom is 0.262 e. The number of carbonyl (C=O) groups is 1. The van der Waals surface area contributed by atoms with E-state index in [1.807, 2.05) is 31.2 Å². The van der Waals surface area contributed by atoms with Gasteiger partial charge < -0.3 is 5.32 Å². The fourth-order valence-corrected chi connectivity index (χ4v) is 3.34. The summed E-state index contributed by atoms with van der Waals surface area (Å²) in [6.45, 7) is 1.96. The largest absolute Gasteiger partial charge is 0.306 e. The van der Waals surface area contributed by atoms with Gasteiger partial charge in [0.1, 0.15) is 22.9 Å². The number of nitrogens with one attached hydrogen (secondary N) is 1. The van der Waals surface area contributed by atoms with E-state index in [-0.39, 0.29) is 17.1 Å². The standard InChI is InChI=1S/C23H16F2N6O/c1-14-3-5-15(6-4-14)19-12-21(31(29-19)20-8-7-16(24)11-18(20)25)28-23(32)17-13-27-30-10-2-9-26-22(17)30/h2-13H,1H3,(H,28,32). The summed E-state index contributed by atoms with van der Waals surface area (Å²) >= 11 is 0. The average molecular weight is 430 g/mol. The Kier molecular flexibility index (Phi) is 4.70. The molecule has 2 aromatic carbocycles. The van der Waals surface area contributed by atoms with E-state index in [2.05, 4.69) is 20.5 Å². The van der Waals surface area contributed by atoms with Crippen LogP contribution in [0.1, 0.15) is 15.9 Å². The highest BCUT2D eigenvalue weighted by atomic mass is 19.1.